The van der Waals surface area contributed by atoms with Crippen LogP contribution in [0.2, 0.25) is 0 Å². The number of carbonyl (C=O) groups is 1. The van der Waals surface area contributed by atoms with Crippen molar-refractivity contribution in [3.8, 4) is 6.07 Å². The fraction of sp³-hybridized carbons (Fsp3) is 0.429. The molecule has 1 saturated carbocycles. The van der Waals surface area contributed by atoms with Gasteiger partial charge in [0.15, 0.2) is 0 Å². The predicted octanol–water partition coefficient (Wildman–Crippen LogP) is 2.82. The van der Waals surface area contributed by atoms with Crippen molar-refractivity contribution in [1.82, 2.24) is 4.90 Å². The molecule has 0 bridgehead atoms. The third-order valence-electron chi connectivity index (χ3n) is 3.59. The number of hydrogen-bond donors (Lipinski definition) is 0. The smallest absolute Gasteiger partial charge is 0.233 e. The maximum absolute atomic E-state index is 13.4. The van der Waals surface area contributed by atoms with Crippen LogP contribution >= 0.6 is 11.8 Å². The number of benzene rings is 1. The molecular formula is C14H15FN2OS. The number of carbonyl (C=O) groups excluding carboxylic acids is 1. The topological polar surface area (TPSA) is 44.1 Å². The van der Waals surface area contributed by atoms with Crippen LogP contribution in [-0.2, 0) is 4.79 Å². The molecule has 0 aromatic heterocycles. The number of amides is 1. The summed E-state index contributed by atoms with van der Waals surface area (Å²) in [6, 6.07) is 8.61. The van der Waals surface area contributed by atoms with Crippen LogP contribution in [0.5, 0.6) is 0 Å². The molecule has 1 aliphatic carbocycles. The average Bonchev–Trinajstić information content (AvgIpc) is 2.36. The maximum Gasteiger partial charge on any atom is 0.233 e. The molecule has 19 heavy (non-hydrogen) atoms. The zero-order valence-corrected chi connectivity index (χ0v) is 11.5. The molecule has 1 fully saturated rings. The van der Waals surface area contributed by atoms with Gasteiger partial charge in [-0.1, -0.05) is 12.1 Å². The highest BCUT2D eigenvalue weighted by Gasteiger charge is 2.43. The van der Waals surface area contributed by atoms with Crippen LogP contribution in [0.4, 0.5) is 4.39 Å². The van der Waals surface area contributed by atoms with Gasteiger partial charge in [-0.2, -0.15) is 5.26 Å². The van der Waals surface area contributed by atoms with E-state index in [9.17, 15) is 14.4 Å². The molecule has 1 aromatic rings. The molecule has 0 atom stereocenters. The Morgan fingerprint density at radius 2 is 2.21 bits per heavy atom. The summed E-state index contributed by atoms with van der Waals surface area (Å²) in [7, 11) is 1.66. The van der Waals surface area contributed by atoms with Gasteiger partial charge in [-0.3, -0.25) is 4.79 Å². The molecular weight excluding hydrogens is 263 g/mol. The molecule has 100 valence electrons. The van der Waals surface area contributed by atoms with Gasteiger partial charge in [0, 0.05) is 11.9 Å². The first-order valence-electron chi connectivity index (χ1n) is 6.14. The molecule has 0 aliphatic heterocycles. The van der Waals surface area contributed by atoms with Crippen LogP contribution in [0.3, 0.4) is 0 Å². The Balaban J connectivity index is 1.95. The second-order valence-corrected chi connectivity index (χ2v) is 5.69. The number of rotatable bonds is 4. The Kier molecular flexibility index (Phi) is 4.11. The van der Waals surface area contributed by atoms with Gasteiger partial charge in [0.1, 0.15) is 11.4 Å². The third-order valence-corrected chi connectivity index (χ3v) is 4.63. The number of hydrogen-bond acceptors (Lipinski definition) is 3. The third kappa shape index (κ3) is 2.74. The highest BCUT2D eigenvalue weighted by molar-refractivity contribution is 8.00. The van der Waals surface area contributed by atoms with E-state index in [0.29, 0.717) is 4.90 Å². The number of thioether (sulfide) groups is 1. The second-order valence-electron chi connectivity index (χ2n) is 4.67. The van der Waals surface area contributed by atoms with Gasteiger partial charge < -0.3 is 4.90 Å². The summed E-state index contributed by atoms with van der Waals surface area (Å²) in [5, 5.41) is 9.17. The van der Waals surface area contributed by atoms with Crippen molar-refractivity contribution < 1.29 is 9.18 Å². The first-order valence-corrected chi connectivity index (χ1v) is 7.13. The molecule has 5 heteroatoms. The van der Waals surface area contributed by atoms with Gasteiger partial charge in [-0.05, 0) is 31.4 Å². The standard InChI is InChI=1S/C14H15FN2OS/c1-17(14(10-16)7-4-8-14)13(18)9-19-12-6-3-2-5-11(12)15/h2-3,5-6H,4,7-9H2,1H3. The first kappa shape index (κ1) is 13.9. The molecule has 1 amide bonds. The summed E-state index contributed by atoms with van der Waals surface area (Å²) >= 11 is 1.17. The largest absolute Gasteiger partial charge is 0.326 e. The maximum atomic E-state index is 13.4. The van der Waals surface area contributed by atoms with Gasteiger partial charge in [0.25, 0.3) is 0 Å². The van der Waals surface area contributed by atoms with Gasteiger partial charge in [-0.15, -0.1) is 11.8 Å². The Hall–Kier alpha value is -1.54. The minimum Gasteiger partial charge on any atom is -0.326 e. The van der Waals surface area contributed by atoms with E-state index in [2.05, 4.69) is 6.07 Å². The van der Waals surface area contributed by atoms with Crippen molar-refractivity contribution in [2.45, 2.75) is 29.7 Å². The van der Waals surface area contributed by atoms with Crippen LogP contribution in [-0.4, -0.2) is 29.1 Å². The number of nitrogens with zero attached hydrogens (tertiary/aromatic N) is 2. The summed E-state index contributed by atoms with van der Waals surface area (Å²) in [6.07, 6.45) is 2.44. The summed E-state index contributed by atoms with van der Waals surface area (Å²) in [5.74, 6) is -0.294. The van der Waals surface area contributed by atoms with E-state index in [0.717, 1.165) is 19.3 Å². The van der Waals surface area contributed by atoms with Gasteiger partial charge in [-0.25, -0.2) is 4.39 Å². The van der Waals surface area contributed by atoms with Crippen LogP contribution in [0.25, 0.3) is 0 Å². The molecule has 3 nitrogen and oxygen atoms in total. The van der Waals surface area contributed by atoms with Crippen molar-refractivity contribution in [3.05, 3.63) is 30.1 Å². The zero-order valence-electron chi connectivity index (χ0n) is 10.7. The molecule has 0 saturated heterocycles. The molecule has 2 rings (SSSR count). The quantitative estimate of drug-likeness (QED) is 0.795. The SMILES string of the molecule is CN(C(=O)CSc1ccccc1F)C1(C#N)CCC1. The van der Waals surface area contributed by atoms with E-state index in [-0.39, 0.29) is 17.5 Å². The summed E-state index contributed by atoms with van der Waals surface area (Å²) in [6.45, 7) is 0. The Bertz CT molecular complexity index is 522. The molecule has 0 N–H and O–H groups in total. The van der Waals surface area contributed by atoms with Crippen molar-refractivity contribution in [2.24, 2.45) is 0 Å². The molecule has 1 aliphatic rings. The Labute approximate surface area is 116 Å². The van der Waals surface area contributed by atoms with Crippen LogP contribution in [0, 0.1) is 17.1 Å². The summed E-state index contributed by atoms with van der Waals surface area (Å²) in [4.78, 5) is 14.0. The van der Waals surface area contributed by atoms with Crippen molar-refractivity contribution in [2.75, 3.05) is 12.8 Å². The van der Waals surface area contributed by atoms with Gasteiger partial charge in [0.2, 0.25) is 5.91 Å². The fourth-order valence-electron chi connectivity index (χ4n) is 2.07. The highest BCUT2D eigenvalue weighted by atomic mass is 32.2. The lowest BCUT2D eigenvalue weighted by Crippen LogP contribution is -2.53. The minimum absolute atomic E-state index is 0.130. The molecule has 0 unspecified atom stereocenters. The summed E-state index contributed by atoms with van der Waals surface area (Å²) < 4.78 is 13.4. The minimum atomic E-state index is -0.632. The van der Waals surface area contributed by atoms with Gasteiger partial charge in [0.05, 0.1) is 11.8 Å². The Morgan fingerprint density at radius 3 is 2.74 bits per heavy atom. The monoisotopic (exact) mass is 278 g/mol. The molecule has 0 spiro atoms. The highest BCUT2D eigenvalue weighted by Crippen LogP contribution is 2.36. The normalized spacial score (nSPS) is 16.3. The van der Waals surface area contributed by atoms with Gasteiger partial charge >= 0.3 is 0 Å². The zero-order chi connectivity index (χ0) is 13.9. The molecule has 0 heterocycles. The van der Waals surface area contributed by atoms with E-state index in [1.807, 2.05) is 0 Å². The fourth-order valence-corrected chi connectivity index (χ4v) is 2.92. The van der Waals surface area contributed by atoms with E-state index in [1.54, 1.807) is 25.2 Å². The first-order chi connectivity index (χ1) is 9.09. The second kappa shape index (κ2) is 5.62. The van der Waals surface area contributed by atoms with Crippen molar-refractivity contribution in [1.29, 1.82) is 5.26 Å². The number of halogens is 1. The summed E-state index contributed by atoms with van der Waals surface area (Å²) in [5.41, 5.74) is -0.632. The van der Waals surface area contributed by atoms with E-state index < -0.39 is 5.54 Å². The molecule has 0 radical (unpaired) electrons. The lowest BCUT2D eigenvalue weighted by molar-refractivity contribution is -0.133. The predicted molar refractivity (Wildman–Crippen MR) is 72.1 cm³/mol. The lowest BCUT2D eigenvalue weighted by Gasteiger charge is -2.42. The molecule has 1 aromatic carbocycles. The van der Waals surface area contributed by atoms with Crippen LogP contribution in [0.1, 0.15) is 19.3 Å². The van der Waals surface area contributed by atoms with E-state index >= 15 is 0 Å². The van der Waals surface area contributed by atoms with Crippen molar-refractivity contribution >= 4 is 17.7 Å². The number of nitriles is 1. The van der Waals surface area contributed by atoms with Crippen molar-refractivity contribution in [3.63, 3.8) is 0 Å². The lowest BCUT2D eigenvalue weighted by atomic mass is 9.77. The average molecular weight is 278 g/mol. The van der Waals surface area contributed by atoms with E-state index in [4.69, 9.17) is 0 Å². The van der Waals surface area contributed by atoms with E-state index in [1.165, 1.54) is 22.7 Å². The van der Waals surface area contributed by atoms with Crippen LogP contribution < -0.4 is 0 Å². The Morgan fingerprint density at radius 1 is 1.53 bits per heavy atom. The van der Waals surface area contributed by atoms with Crippen LogP contribution in [0.15, 0.2) is 29.2 Å².